The van der Waals surface area contributed by atoms with Crippen LogP contribution < -0.4 is 11.1 Å². The number of fused-ring (bicyclic) bond motifs is 1. The molecule has 0 aliphatic heterocycles. The maximum atomic E-state index is 12.4. The molecule has 0 aromatic heterocycles. The van der Waals surface area contributed by atoms with Gasteiger partial charge in [0, 0.05) is 13.0 Å². The van der Waals surface area contributed by atoms with Crippen molar-refractivity contribution >= 4 is 5.91 Å². The zero-order valence-electron chi connectivity index (χ0n) is 13.4. The number of rotatable bonds is 5. The molecule has 1 fully saturated rings. The Bertz CT molecular complexity index is 520. The van der Waals surface area contributed by atoms with Gasteiger partial charge in [0.05, 0.1) is 5.54 Å². The Morgan fingerprint density at radius 3 is 2.77 bits per heavy atom. The SMILES string of the molecule is NCC1(NC(=O)CCC2CCc3ccccc32)CCCCC1. The third-order valence-corrected chi connectivity index (χ3v) is 5.58. The Morgan fingerprint density at radius 1 is 1.23 bits per heavy atom. The highest BCUT2D eigenvalue weighted by Gasteiger charge is 2.32. The minimum atomic E-state index is -0.122. The fourth-order valence-electron chi connectivity index (χ4n) is 4.22. The summed E-state index contributed by atoms with van der Waals surface area (Å²) in [6, 6.07) is 8.68. The van der Waals surface area contributed by atoms with Gasteiger partial charge in [0.2, 0.25) is 5.91 Å². The van der Waals surface area contributed by atoms with E-state index >= 15 is 0 Å². The Morgan fingerprint density at radius 2 is 2.00 bits per heavy atom. The number of nitrogens with one attached hydrogen (secondary N) is 1. The fraction of sp³-hybridized carbons (Fsp3) is 0.632. The summed E-state index contributed by atoms with van der Waals surface area (Å²) in [5, 5.41) is 3.27. The summed E-state index contributed by atoms with van der Waals surface area (Å²) in [6.45, 7) is 0.574. The Labute approximate surface area is 133 Å². The van der Waals surface area contributed by atoms with Crippen molar-refractivity contribution in [1.29, 1.82) is 0 Å². The van der Waals surface area contributed by atoms with E-state index in [1.165, 1.54) is 36.8 Å². The molecular weight excluding hydrogens is 272 g/mol. The van der Waals surface area contributed by atoms with Gasteiger partial charge in [-0.1, -0.05) is 43.5 Å². The summed E-state index contributed by atoms with van der Waals surface area (Å²) in [5.41, 5.74) is 8.76. The maximum absolute atomic E-state index is 12.4. The molecule has 0 bridgehead atoms. The smallest absolute Gasteiger partial charge is 0.220 e. The monoisotopic (exact) mass is 300 g/mol. The van der Waals surface area contributed by atoms with Crippen LogP contribution >= 0.6 is 0 Å². The van der Waals surface area contributed by atoms with Gasteiger partial charge in [-0.3, -0.25) is 4.79 Å². The third kappa shape index (κ3) is 3.35. The molecule has 1 amide bonds. The van der Waals surface area contributed by atoms with Gasteiger partial charge >= 0.3 is 0 Å². The van der Waals surface area contributed by atoms with E-state index < -0.39 is 0 Å². The first-order chi connectivity index (χ1) is 10.7. The number of carbonyl (C=O) groups excluding carboxylic acids is 1. The van der Waals surface area contributed by atoms with Crippen LogP contribution in [0.15, 0.2) is 24.3 Å². The van der Waals surface area contributed by atoms with Crippen molar-refractivity contribution in [3.63, 3.8) is 0 Å². The Kier molecular flexibility index (Phi) is 4.82. The lowest BCUT2D eigenvalue weighted by atomic mass is 9.81. The molecule has 22 heavy (non-hydrogen) atoms. The number of amides is 1. The van der Waals surface area contributed by atoms with Crippen molar-refractivity contribution in [2.24, 2.45) is 5.73 Å². The van der Waals surface area contributed by atoms with Gasteiger partial charge in [-0.15, -0.1) is 0 Å². The zero-order valence-corrected chi connectivity index (χ0v) is 13.4. The largest absolute Gasteiger partial charge is 0.349 e. The highest BCUT2D eigenvalue weighted by Crippen LogP contribution is 2.36. The summed E-state index contributed by atoms with van der Waals surface area (Å²) in [6.07, 6.45) is 9.68. The zero-order chi connectivity index (χ0) is 15.4. The molecule has 3 nitrogen and oxygen atoms in total. The van der Waals surface area contributed by atoms with Crippen LogP contribution in [0.4, 0.5) is 0 Å². The van der Waals surface area contributed by atoms with E-state index in [0.29, 0.717) is 18.9 Å². The molecule has 0 saturated heterocycles. The number of aryl methyl sites for hydroxylation is 1. The molecule has 3 heteroatoms. The summed E-state index contributed by atoms with van der Waals surface area (Å²) < 4.78 is 0. The Balaban J connectivity index is 1.53. The lowest BCUT2D eigenvalue weighted by Crippen LogP contribution is -2.54. The molecule has 1 saturated carbocycles. The van der Waals surface area contributed by atoms with Crippen LogP contribution in [-0.2, 0) is 11.2 Å². The molecular formula is C19H28N2O. The molecule has 2 aliphatic rings. The van der Waals surface area contributed by atoms with Gasteiger partial charge < -0.3 is 11.1 Å². The van der Waals surface area contributed by atoms with Crippen molar-refractivity contribution in [1.82, 2.24) is 5.32 Å². The first kappa shape index (κ1) is 15.5. The average Bonchev–Trinajstić information content (AvgIpc) is 2.97. The average molecular weight is 300 g/mol. The summed E-state index contributed by atoms with van der Waals surface area (Å²) in [5.74, 6) is 0.749. The number of nitrogens with two attached hydrogens (primary N) is 1. The van der Waals surface area contributed by atoms with Gasteiger partial charge in [-0.25, -0.2) is 0 Å². The summed E-state index contributed by atoms with van der Waals surface area (Å²) in [4.78, 5) is 12.4. The van der Waals surface area contributed by atoms with E-state index in [4.69, 9.17) is 5.73 Å². The van der Waals surface area contributed by atoms with Crippen LogP contribution in [0.1, 0.15) is 68.4 Å². The number of hydrogen-bond donors (Lipinski definition) is 2. The topological polar surface area (TPSA) is 55.1 Å². The van der Waals surface area contributed by atoms with E-state index in [2.05, 4.69) is 29.6 Å². The first-order valence-electron chi connectivity index (χ1n) is 8.81. The number of carbonyl (C=O) groups is 1. The summed E-state index contributed by atoms with van der Waals surface area (Å²) >= 11 is 0. The molecule has 0 heterocycles. The number of hydrogen-bond acceptors (Lipinski definition) is 2. The number of benzene rings is 1. The van der Waals surface area contributed by atoms with Crippen LogP contribution in [0.2, 0.25) is 0 Å². The lowest BCUT2D eigenvalue weighted by molar-refractivity contribution is -0.123. The minimum Gasteiger partial charge on any atom is -0.349 e. The van der Waals surface area contributed by atoms with E-state index in [0.717, 1.165) is 25.7 Å². The predicted molar refractivity (Wildman–Crippen MR) is 89.8 cm³/mol. The molecule has 1 unspecified atom stereocenters. The van der Waals surface area contributed by atoms with Crippen LogP contribution in [-0.4, -0.2) is 18.0 Å². The van der Waals surface area contributed by atoms with Crippen molar-refractivity contribution in [2.75, 3.05) is 6.54 Å². The van der Waals surface area contributed by atoms with Crippen molar-refractivity contribution in [3.8, 4) is 0 Å². The second-order valence-electron chi connectivity index (χ2n) is 7.07. The standard InChI is InChI=1S/C19H28N2O/c20-14-19(12-4-1-5-13-19)21-18(22)11-10-16-9-8-15-6-2-3-7-17(15)16/h2-3,6-7,16H,1,4-5,8-14,20H2,(H,21,22). The third-order valence-electron chi connectivity index (χ3n) is 5.58. The van der Waals surface area contributed by atoms with Crippen LogP contribution in [0.3, 0.4) is 0 Å². The Hall–Kier alpha value is -1.35. The fourth-order valence-corrected chi connectivity index (χ4v) is 4.22. The summed E-state index contributed by atoms with van der Waals surface area (Å²) in [7, 11) is 0. The maximum Gasteiger partial charge on any atom is 0.220 e. The second kappa shape index (κ2) is 6.82. The quantitative estimate of drug-likeness (QED) is 0.877. The molecule has 0 spiro atoms. The van der Waals surface area contributed by atoms with Gasteiger partial charge in [-0.2, -0.15) is 0 Å². The van der Waals surface area contributed by atoms with Crippen molar-refractivity contribution in [3.05, 3.63) is 35.4 Å². The lowest BCUT2D eigenvalue weighted by Gasteiger charge is -2.37. The predicted octanol–water partition coefficient (Wildman–Crippen LogP) is 3.27. The molecule has 2 aliphatic carbocycles. The molecule has 0 radical (unpaired) electrons. The van der Waals surface area contributed by atoms with E-state index in [1.807, 2.05) is 0 Å². The van der Waals surface area contributed by atoms with Gasteiger partial charge in [-0.05, 0) is 49.1 Å². The van der Waals surface area contributed by atoms with E-state index in [1.54, 1.807) is 0 Å². The van der Waals surface area contributed by atoms with Crippen LogP contribution in [0.5, 0.6) is 0 Å². The van der Waals surface area contributed by atoms with Crippen LogP contribution in [0, 0.1) is 0 Å². The molecule has 1 aromatic rings. The highest BCUT2D eigenvalue weighted by molar-refractivity contribution is 5.77. The molecule has 120 valence electrons. The molecule has 3 N–H and O–H groups in total. The van der Waals surface area contributed by atoms with Crippen molar-refractivity contribution < 1.29 is 4.79 Å². The van der Waals surface area contributed by atoms with Gasteiger partial charge in [0.25, 0.3) is 0 Å². The van der Waals surface area contributed by atoms with Crippen LogP contribution in [0.25, 0.3) is 0 Å². The molecule has 1 aromatic carbocycles. The molecule has 3 rings (SSSR count). The van der Waals surface area contributed by atoms with E-state index in [9.17, 15) is 4.79 Å². The van der Waals surface area contributed by atoms with Gasteiger partial charge in [0.15, 0.2) is 0 Å². The van der Waals surface area contributed by atoms with E-state index in [-0.39, 0.29) is 11.4 Å². The minimum absolute atomic E-state index is 0.122. The molecule has 1 atom stereocenters. The normalized spacial score (nSPS) is 23.0. The first-order valence-corrected chi connectivity index (χ1v) is 8.81. The van der Waals surface area contributed by atoms with Crippen molar-refractivity contribution in [2.45, 2.75) is 69.2 Å². The van der Waals surface area contributed by atoms with Gasteiger partial charge in [0.1, 0.15) is 0 Å². The second-order valence-corrected chi connectivity index (χ2v) is 7.07. The highest BCUT2D eigenvalue weighted by atomic mass is 16.1.